The zero-order valence-electron chi connectivity index (χ0n) is 11.3. The second kappa shape index (κ2) is 7.87. The molecule has 0 saturated carbocycles. The molecular weight excluding hydrogens is 310 g/mol. The molecule has 0 spiro atoms. The van der Waals surface area contributed by atoms with Crippen molar-refractivity contribution in [1.82, 2.24) is 4.72 Å². The zero-order chi connectivity index (χ0) is 14.6. The third-order valence-electron chi connectivity index (χ3n) is 2.70. The van der Waals surface area contributed by atoms with Gasteiger partial charge in [0.05, 0.1) is 0 Å². The Morgan fingerprint density at radius 3 is 2.45 bits per heavy atom. The number of nitrogens with two attached hydrogens (primary N) is 1. The third-order valence-corrected chi connectivity index (χ3v) is 4.14. The largest absolute Gasteiger partial charge is 0.327 e. The summed E-state index contributed by atoms with van der Waals surface area (Å²) in [4.78, 5) is -0.560. The highest BCUT2D eigenvalue weighted by molar-refractivity contribution is 7.89. The molecule has 1 atom stereocenters. The van der Waals surface area contributed by atoms with Gasteiger partial charge in [-0.05, 0) is 25.0 Å². The minimum Gasteiger partial charge on any atom is -0.327 e. The van der Waals surface area contributed by atoms with Gasteiger partial charge >= 0.3 is 0 Å². The minimum absolute atomic E-state index is 0. The molecule has 20 heavy (non-hydrogen) atoms. The Labute approximate surface area is 124 Å². The topological polar surface area (TPSA) is 72.2 Å². The second-order valence-corrected chi connectivity index (χ2v) is 6.17. The van der Waals surface area contributed by atoms with Gasteiger partial charge in [0, 0.05) is 18.7 Å². The monoisotopic (exact) mass is 328 g/mol. The normalized spacial score (nSPS) is 12.8. The van der Waals surface area contributed by atoms with Crippen LogP contribution in [0, 0.1) is 18.6 Å². The second-order valence-electron chi connectivity index (χ2n) is 4.43. The summed E-state index contributed by atoms with van der Waals surface area (Å²) in [6.07, 6.45) is 1.49. The van der Waals surface area contributed by atoms with Crippen molar-refractivity contribution in [2.75, 3.05) is 6.54 Å². The summed E-state index contributed by atoms with van der Waals surface area (Å²) in [7, 11) is -4.02. The van der Waals surface area contributed by atoms with Crippen LogP contribution in [-0.2, 0) is 10.0 Å². The van der Waals surface area contributed by atoms with Crippen molar-refractivity contribution in [3.8, 4) is 0 Å². The molecule has 0 saturated heterocycles. The average Bonchev–Trinajstić information content (AvgIpc) is 2.31. The molecule has 3 N–H and O–H groups in total. The first-order valence-corrected chi connectivity index (χ1v) is 7.47. The van der Waals surface area contributed by atoms with Crippen LogP contribution in [0.5, 0.6) is 0 Å². The molecule has 1 aromatic carbocycles. The molecule has 0 fully saturated rings. The van der Waals surface area contributed by atoms with Gasteiger partial charge in [0.1, 0.15) is 16.5 Å². The number of hydrogen-bond donors (Lipinski definition) is 2. The molecule has 0 aromatic heterocycles. The molecule has 0 radical (unpaired) electrons. The van der Waals surface area contributed by atoms with Gasteiger partial charge in [-0.1, -0.05) is 13.3 Å². The third kappa shape index (κ3) is 4.97. The number of hydrogen-bond acceptors (Lipinski definition) is 3. The lowest BCUT2D eigenvalue weighted by Crippen LogP contribution is -2.37. The van der Waals surface area contributed by atoms with Crippen molar-refractivity contribution in [3.05, 3.63) is 29.3 Å². The lowest BCUT2D eigenvalue weighted by atomic mass is 10.2. The van der Waals surface area contributed by atoms with E-state index in [1.54, 1.807) is 0 Å². The van der Waals surface area contributed by atoms with Gasteiger partial charge in [-0.2, -0.15) is 0 Å². The van der Waals surface area contributed by atoms with Gasteiger partial charge in [-0.15, -0.1) is 12.4 Å². The molecule has 8 heteroatoms. The SMILES string of the molecule is CCCC(N)CNS(=O)(=O)c1cc(C)c(F)cc1F.Cl. The molecule has 0 bridgehead atoms. The number of rotatable bonds is 6. The molecule has 116 valence electrons. The molecule has 4 nitrogen and oxygen atoms in total. The fourth-order valence-corrected chi connectivity index (χ4v) is 2.84. The van der Waals surface area contributed by atoms with Crippen molar-refractivity contribution in [2.24, 2.45) is 5.73 Å². The van der Waals surface area contributed by atoms with Gasteiger partial charge in [0.15, 0.2) is 0 Å². The van der Waals surface area contributed by atoms with Crippen LogP contribution in [-0.4, -0.2) is 21.0 Å². The predicted molar refractivity (Wildman–Crippen MR) is 76.4 cm³/mol. The number of nitrogens with one attached hydrogen (secondary N) is 1. The smallest absolute Gasteiger partial charge is 0.243 e. The van der Waals surface area contributed by atoms with Crippen LogP contribution < -0.4 is 10.5 Å². The first-order valence-electron chi connectivity index (χ1n) is 5.98. The first-order chi connectivity index (χ1) is 8.77. The van der Waals surface area contributed by atoms with Crippen LogP contribution in [0.3, 0.4) is 0 Å². The Balaban J connectivity index is 0.00000361. The highest BCUT2D eigenvalue weighted by atomic mass is 35.5. The fourth-order valence-electron chi connectivity index (χ4n) is 1.60. The lowest BCUT2D eigenvalue weighted by Gasteiger charge is -2.13. The van der Waals surface area contributed by atoms with E-state index in [-0.39, 0.29) is 30.6 Å². The molecule has 0 aliphatic rings. The molecular formula is C12H19ClF2N2O2S. The van der Waals surface area contributed by atoms with E-state index in [1.807, 2.05) is 6.92 Å². The Bertz CT molecular complexity index is 553. The Hall–Kier alpha value is -0.760. The van der Waals surface area contributed by atoms with Crippen LogP contribution in [0.4, 0.5) is 8.78 Å². The van der Waals surface area contributed by atoms with E-state index < -0.39 is 26.6 Å². The summed E-state index contributed by atoms with van der Waals surface area (Å²) in [5.74, 6) is -1.89. The van der Waals surface area contributed by atoms with Gasteiger partial charge in [0.2, 0.25) is 10.0 Å². The quantitative estimate of drug-likeness (QED) is 0.840. The molecule has 0 amide bonds. The number of halogens is 3. The van der Waals surface area contributed by atoms with Gasteiger partial charge < -0.3 is 5.73 Å². The standard InChI is InChI=1S/C12H18F2N2O2S.ClH/c1-3-4-9(15)7-16-19(17,18)12-5-8(2)10(13)6-11(12)14;/h5-6,9,16H,3-4,7,15H2,1-2H3;1H. The summed E-state index contributed by atoms with van der Waals surface area (Å²) in [5.41, 5.74) is 5.75. The Morgan fingerprint density at radius 1 is 1.30 bits per heavy atom. The summed E-state index contributed by atoms with van der Waals surface area (Å²) in [5, 5.41) is 0. The minimum atomic E-state index is -4.02. The van der Waals surface area contributed by atoms with Gasteiger partial charge in [-0.3, -0.25) is 0 Å². The van der Waals surface area contributed by atoms with Crippen LogP contribution in [0.25, 0.3) is 0 Å². The van der Waals surface area contributed by atoms with E-state index in [0.717, 1.165) is 12.5 Å². The Kier molecular flexibility index (Phi) is 7.57. The Morgan fingerprint density at radius 2 is 1.90 bits per heavy atom. The van der Waals surface area contributed by atoms with E-state index in [1.165, 1.54) is 6.92 Å². The maximum Gasteiger partial charge on any atom is 0.243 e. The van der Waals surface area contributed by atoms with Crippen molar-refractivity contribution >= 4 is 22.4 Å². The summed E-state index contributed by atoms with van der Waals surface area (Å²) < 4.78 is 52.6. The fraction of sp³-hybridized carbons (Fsp3) is 0.500. The van der Waals surface area contributed by atoms with Crippen molar-refractivity contribution in [3.63, 3.8) is 0 Å². The van der Waals surface area contributed by atoms with Crippen LogP contribution >= 0.6 is 12.4 Å². The highest BCUT2D eigenvalue weighted by Crippen LogP contribution is 2.18. The van der Waals surface area contributed by atoms with Gasteiger partial charge in [0.25, 0.3) is 0 Å². The predicted octanol–water partition coefficient (Wildman–Crippen LogP) is 2.10. The highest BCUT2D eigenvalue weighted by Gasteiger charge is 2.21. The maximum absolute atomic E-state index is 13.5. The molecule has 0 heterocycles. The molecule has 0 aliphatic carbocycles. The molecule has 1 unspecified atom stereocenters. The average molecular weight is 329 g/mol. The summed E-state index contributed by atoms with van der Waals surface area (Å²) in [6.45, 7) is 3.32. The van der Waals surface area contributed by atoms with Crippen LogP contribution in [0.2, 0.25) is 0 Å². The maximum atomic E-state index is 13.5. The lowest BCUT2D eigenvalue weighted by molar-refractivity contribution is 0.530. The van der Waals surface area contributed by atoms with E-state index in [2.05, 4.69) is 4.72 Å². The number of sulfonamides is 1. The number of benzene rings is 1. The van der Waals surface area contributed by atoms with E-state index in [9.17, 15) is 17.2 Å². The summed E-state index contributed by atoms with van der Waals surface area (Å²) >= 11 is 0. The van der Waals surface area contributed by atoms with E-state index in [4.69, 9.17) is 5.73 Å². The van der Waals surface area contributed by atoms with E-state index >= 15 is 0 Å². The van der Waals surface area contributed by atoms with Gasteiger partial charge in [-0.25, -0.2) is 21.9 Å². The first kappa shape index (κ1) is 19.2. The van der Waals surface area contributed by atoms with Crippen LogP contribution in [0.1, 0.15) is 25.3 Å². The summed E-state index contributed by atoms with van der Waals surface area (Å²) in [6, 6.07) is 1.21. The molecule has 1 aromatic rings. The van der Waals surface area contributed by atoms with Crippen molar-refractivity contribution in [2.45, 2.75) is 37.6 Å². The van der Waals surface area contributed by atoms with Crippen molar-refractivity contribution < 1.29 is 17.2 Å². The molecule has 0 aliphatic heterocycles. The number of aryl methyl sites for hydroxylation is 1. The zero-order valence-corrected chi connectivity index (χ0v) is 13.0. The van der Waals surface area contributed by atoms with Crippen LogP contribution in [0.15, 0.2) is 17.0 Å². The van der Waals surface area contributed by atoms with Crippen molar-refractivity contribution in [1.29, 1.82) is 0 Å². The molecule has 1 rings (SSSR count). The van der Waals surface area contributed by atoms with E-state index in [0.29, 0.717) is 12.5 Å².